The van der Waals surface area contributed by atoms with Crippen LogP contribution in [-0.4, -0.2) is 67.9 Å². The van der Waals surface area contributed by atoms with Gasteiger partial charge in [0.05, 0.1) is 42.0 Å². The Labute approximate surface area is 170 Å². The molecule has 25 heavy (non-hydrogen) atoms. The molecule has 127 valence electrons. The van der Waals surface area contributed by atoms with E-state index in [0.29, 0.717) is 16.7 Å². The van der Waals surface area contributed by atoms with E-state index in [-0.39, 0.29) is 35.3 Å². The zero-order chi connectivity index (χ0) is 17.3. The molecule has 0 saturated heterocycles. The van der Waals surface area contributed by atoms with Gasteiger partial charge in [-0.25, -0.2) is 4.98 Å². The van der Waals surface area contributed by atoms with Crippen LogP contribution in [0, 0.1) is 13.8 Å². The minimum atomic E-state index is -1.37. The van der Waals surface area contributed by atoms with E-state index in [4.69, 9.17) is 9.47 Å². The van der Waals surface area contributed by atoms with Crippen molar-refractivity contribution in [2.75, 3.05) is 14.2 Å². The van der Waals surface area contributed by atoms with Crippen LogP contribution >= 0.6 is 0 Å². The maximum atomic E-state index is 12.7. The number of aromatic nitrogens is 4. The van der Waals surface area contributed by atoms with Crippen molar-refractivity contribution < 1.29 is 13.7 Å². The first kappa shape index (κ1) is 19.8. The normalized spacial score (nSPS) is 11.8. The minimum absolute atomic E-state index is 0. The van der Waals surface area contributed by atoms with Gasteiger partial charge in [0.2, 0.25) is 5.88 Å². The molecule has 0 aromatic carbocycles. The molecule has 1 N–H and O–H groups in total. The largest absolute Gasteiger partial charge is 0.496 e. The molecule has 1 unspecified atom stereocenters. The first-order valence-electron chi connectivity index (χ1n) is 7.31. The number of nitrogens with one attached hydrogen (secondary N) is 1. The molecule has 0 aliphatic rings. The Morgan fingerprint density at radius 1 is 1.20 bits per heavy atom. The summed E-state index contributed by atoms with van der Waals surface area (Å²) in [6.07, 6.45) is 1.65. The summed E-state index contributed by atoms with van der Waals surface area (Å²) in [7, 11) is 1.79. The van der Waals surface area contributed by atoms with Gasteiger partial charge in [-0.05, 0) is 26.0 Å². The Bertz CT molecular complexity index is 929. The van der Waals surface area contributed by atoms with Gasteiger partial charge in [-0.1, -0.05) is 0 Å². The zero-order valence-corrected chi connectivity index (χ0v) is 17.7. The SMILES string of the molecule is COc1ccnc(CS(=O)c2nc3nc(OC)c(C)cc3[nH]2)c1C.[Na]. The molecule has 0 spiro atoms. The van der Waals surface area contributed by atoms with Crippen molar-refractivity contribution in [3.63, 3.8) is 0 Å². The van der Waals surface area contributed by atoms with Crippen LogP contribution in [-0.2, 0) is 16.6 Å². The predicted molar refractivity (Wildman–Crippen MR) is 96.6 cm³/mol. The fourth-order valence-corrected chi connectivity index (χ4v) is 3.52. The van der Waals surface area contributed by atoms with Crippen LogP contribution < -0.4 is 9.47 Å². The molecule has 1 radical (unpaired) electrons. The van der Waals surface area contributed by atoms with Crippen LogP contribution in [0.15, 0.2) is 23.5 Å². The van der Waals surface area contributed by atoms with Crippen molar-refractivity contribution in [2.45, 2.75) is 24.8 Å². The minimum Gasteiger partial charge on any atom is -0.496 e. The summed E-state index contributed by atoms with van der Waals surface area (Å²) in [5.41, 5.74) is 3.69. The van der Waals surface area contributed by atoms with Gasteiger partial charge in [0.15, 0.2) is 10.8 Å². The van der Waals surface area contributed by atoms with Gasteiger partial charge in [0.1, 0.15) is 5.75 Å². The van der Waals surface area contributed by atoms with Crippen LogP contribution in [0.4, 0.5) is 0 Å². The number of aryl methyl sites for hydroxylation is 1. The average Bonchev–Trinajstić information content (AvgIpc) is 2.98. The van der Waals surface area contributed by atoms with Crippen molar-refractivity contribution in [1.82, 2.24) is 19.9 Å². The van der Waals surface area contributed by atoms with Gasteiger partial charge in [-0.2, -0.15) is 4.98 Å². The fourth-order valence-electron chi connectivity index (χ4n) is 2.44. The van der Waals surface area contributed by atoms with E-state index in [2.05, 4.69) is 19.9 Å². The Morgan fingerprint density at radius 3 is 2.64 bits per heavy atom. The average molecular weight is 369 g/mol. The van der Waals surface area contributed by atoms with Crippen molar-refractivity contribution in [2.24, 2.45) is 0 Å². The number of H-pyrrole nitrogens is 1. The summed E-state index contributed by atoms with van der Waals surface area (Å²) in [6, 6.07) is 3.66. The standard InChI is InChI=1S/C16H18N4O3S.Na/c1-9-7-11-14(19-15(9)23-4)20-16(18-11)24(21)8-12-10(2)13(22-3)5-6-17-12;/h5-7H,8H2,1-4H3,(H,18,19,20);. The second kappa shape index (κ2) is 8.27. The number of hydrogen-bond donors (Lipinski definition) is 1. The van der Waals surface area contributed by atoms with E-state index in [1.165, 1.54) is 0 Å². The topological polar surface area (TPSA) is 90.0 Å². The number of imidazole rings is 1. The van der Waals surface area contributed by atoms with E-state index < -0.39 is 10.8 Å². The predicted octanol–water partition coefficient (Wildman–Crippen LogP) is 1.91. The third-order valence-electron chi connectivity index (χ3n) is 3.75. The third-order valence-corrected chi connectivity index (χ3v) is 4.91. The summed E-state index contributed by atoms with van der Waals surface area (Å²) in [4.78, 5) is 16.0. The molecular weight excluding hydrogens is 351 g/mol. The number of fused-ring (bicyclic) bond motifs is 1. The maximum Gasteiger partial charge on any atom is 0.218 e. The van der Waals surface area contributed by atoms with E-state index in [1.54, 1.807) is 26.5 Å². The third kappa shape index (κ3) is 4.03. The number of rotatable bonds is 5. The van der Waals surface area contributed by atoms with Crippen LogP contribution in [0.3, 0.4) is 0 Å². The molecule has 3 rings (SSSR count). The van der Waals surface area contributed by atoms with Crippen molar-refractivity contribution >= 4 is 51.5 Å². The monoisotopic (exact) mass is 369 g/mol. The van der Waals surface area contributed by atoms with Crippen molar-refractivity contribution in [3.05, 3.63) is 35.2 Å². The summed E-state index contributed by atoms with van der Waals surface area (Å²) in [6.45, 7) is 3.79. The van der Waals surface area contributed by atoms with Crippen LogP contribution in [0.25, 0.3) is 11.2 Å². The quantitative estimate of drug-likeness (QED) is 0.691. The first-order valence-corrected chi connectivity index (χ1v) is 8.63. The van der Waals surface area contributed by atoms with Gasteiger partial charge in [-0.3, -0.25) is 9.19 Å². The van der Waals surface area contributed by atoms with E-state index in [0.717, 1.165) is 28.1 Å². The van der Waals surface area contributed by atoms with Gasteiger partial charge in [-0.15, -0.1) is 0 Å². The number of ether oxygens (including phenoxy) is 2. The number of aromatic amines is 1. The van der Waals surface area contributed by atoms with Crippen LogP contribution in [0.1, 0.15) is 16.8 Å². The Morgan fingerprint density at radius 2 is 1.96 bits per heavy atom. The summed E-state index contributed by atoms with van der Waals surface area (Å²) in [5, 5.41) is 0.370. The number of pyridine rings is 2. The summed E-state index contributed by atoms with van der Waals surface area (Å²) < 4.78 is 23.1. The van der Waals surface area contributed by atoms with E-state index >= 15 is 0 Å². The molecular formula is C16H18N4NaO3S. The molecule has 3 aromatic rings. The molecule has 0 amide bonds. The molecule has 0 aliphatic carbocycles. The van der Waals surface area contributed by atoms with Crippen molar-refractivity contribution in [3.8, 4) is 11.6 Å². The molecule has 7 nitrogen and oxygen atoms in total. The Kier molecular flexibility index (Phi) is 6.56. The Hall–Kier alpha value is -1.48. The molecule has 3 heterocycles. The Balaban J connectivity index is 0.00000225. The van der Waals surface area contributed by atoms with Gasteiger partial charge >= 0.3 is 0 Å². The smallest absolute Gasteiger partial charge is 0.218 e. The molecule has 0 fully saturated rings. The number of nitrogens with zero attached hydrogens (tertiary/aromatic N) is 3. The summed E-state index contributed by atoms with van der Waals surface area (Å²) >= 11 is 0. The maximum absolute atomic E-state index is 12.7. The molecule has 0 bridgehead atoms. The van der Waals surface area contributed by atoms with Crippen LogP contribution in [0.5, 0.6) is 11.6 Å². The van der Waals surface area contributed by atoms with Gasteiger partial charge in [0.25, 0.3) is 0 Å². The van der Waals surface area contributed by atoms with Crippen molar-refractivity contribution in [1.29, 1.82) is 0 Å². The molecule has 0 saturated carbocycles. The fraction of sp³-hybridized carbons (Fsp3) is 0.312. The van der Waals surface area contributed by atoms with Crippen LogP contribution in [0.2, 0.25) is 0 Å². The molecule has 3 aromatic heterocycles. The van der Waals surface area contributed by atoms with E-state index in [9.17, 15) is 4.21 Å². The molecule has 1 atom stereocenters. The first-order chi connectivity index (χ1) is 11.5. The number of methoxy groups -OCH3 is 2. The van der Waals surface area contributed by atoms with Gasteiger partial charge < -0.3 is 14.5 Å². The molecule has 9 heteroatoms. The second-order valence-electron chi connectivity index (χ2n) is 5.30. The number of hydrogen-bond acceptors (Lipinski definition) is 6. The molecule has 0 aliphatic heterocycles. The van der Waals surface area contributed by atoms with Gasteiger partial charge in [0, 0.05) is 46.9 Å². The second-order valence-corrected chi connectivity index (χ2v) is 6.67. The summed E-state index contributed by atoms with van der Waals surface area (Å²) in [5.74, 6) is 1.49. The zero-order valence-electron chi connectivity index (χ0n) is 14.9. The van der Waals surface area contributed by atoms with E-state index in [1.807, 2.05) is 19.9 Å².